The minimum Gasteiger partial charge on any atom is -0.453 e. The van der Waals surface area contributed by atoms with Crippen molar-refractivity contribution in [3.8, 4) is 61.8 Å². The van der Waals surface area contributed by atoms with E-state index in [1.165, 1.54) is 16.5 Å². The molecule has 11 aromatic rings. The lowest BCUT2D eigenvalue weighted by Crippen LogP contribution is -1.97. The second-order valence-electron chi connectivity index (χ2n) is 14.2. The Morgan fingerprint density at radius 3 is 1.62 bits per heavy atom. The quantitative estimate of drug-likeness (QED) is 0.172. The van der Waals surface area contributed by atoms with E-state index in [1.54, 1.807) is 0 Å². The Balaban J connectivity index is 1.11. The maximum Gasteiger partial charge on any atom is 0.160 e. The van der Waals surface area contributed by atoms with Crippen LogP contribution in [0.25, 0.3) is 106 Å². The molecule has 0 saturated carbocycles. The molecule has 0 fully saturated rings. The van der Waals surface area contributed by atoms with Crippen LogP contribution in [0, 0.1) is 0 Å². The van der Waals surface area contributed by atoms with Crippen LogP contribution in [0.1, 0.15) is 0 Å². The topological polar surface area (TPSA) is 43.9 Å². The first-order valence-electron chi connectivity index (χ1n) is 18.9. The molecule has 0 radical (unpaired) electrons. The molecule has 8 aromatic carbocycles. The van der Waals surface area contributed by atoms with Crippen LogP contribution in [0.15, 0.2) is 205 Å². The number of fused-ring (bicyclic) bond motifs is 6. The van der Waals surface area contributed by atoms with Gasteiger partial charge in [0.15, 0.2) is 11.4 Å². The molecule has 3 heterocycles. The number of rotatable bonds is 6. The summed E-state index contributed by atoms with van der Waals surface area (Å²) in [7, 11) is 0. The highest BCUT2D eigenvalue weighted by molar-refractivity contribution is 6.14. The summed E-state index contributed by atoms with van der Waals surface area (Å²) in [6.07, 6.45) is 0. The molecule has 0 amide bonds. The Bertz CT molecular complexity index is 3220. The first kappa shape index (κ1) is 31.9. The summed E-state index contributed by atoms with van der Waals surface area (Å²) < 4.78 is 9.28. The van der Waals surface area contributed by atoms with E-state index < -0.39 is 0 Å². The van der Waals surface area contributed by atoms with Gasteiger partial charge >= 0.3 is 0 Å². The normalized spacial score (nSPS) is 11.6. The molecule has 56 heavy (non-hydrogen) atoms. The predicted molar refractivity (Wildman–Crippen MR) is 231 cm³/mol. The van der Waals surface area contributed by atoms with Gasteiger partial charge in [0, 0.05) is 43.8 Å². The average molecular weight is 716 g/mol. The summed E-state index contributed by atoms with van der Waals surface area (Å²) >= 11 is 0. The maximum absolute atomic E-state index is 6.93. The van der Waals surface area contributed by atoms with Crippen LogP contribution in [-0.2, 0) is 0 Å². The Hall–Kier alpha value is -7.56. The highest BCUT2D eigenvalue weighted by atomic mass is 16.3. The van der Waals surface area contributed by atoms with Crippen molar-refractivity contribution in [2.45, 2.75) is 0 Å². The van der Waals surface area contributed by atoms with Gasteiger partial charge in [0.2, 0.25) is 0 Å². The van der Waals surface area contributed by atoms with Crippen molar-refractivity contribution in [2.75, 3.05) is 0 Å². The predicted octanol–water partition coefficient (Wildman–Crippen LogP) is 13.8. The first-order chi connectivity index (χ1) is 27.8. The summed E-state index contributed by atoms with van der Waals surface area (Å²) in [5.74, 6) is 0.687. The molecule has 0 spiro atoms. The van der Waals surface area contributed by atoms with E-state index in [2.05, 4.69) is 174 Å². The van der Waals surface area contributed by atoms with Crippen molar-refractivity contribution >= 4 is 43.7 Å². The largest absolute Gasteiger partial charge is 0.453 e. The summed E-state index contributed by atoms with van der Waals surface area (Å²) in [6, 6.07) is 70.1. The fourth-order valence-electron chi connectivity index (χ4n) is 8.14. The second-order valence-corrected chi connectivity index (χ2v) is 14.2. The molecular formula is C52H33N3O. The van der Waals surface area contributed by atoms with Crippen LogP contribution in [0.3, 0.4) is 0 Å². The van der Waals surface area contributed by atoms with Crippen LogP contribution < -0.4 is 0 Å². The summed E-state index contributed by atoms with van der Waals surface area (Å²) in [4.78, 5) is 10.3. The molecule has 0 bridgehead atoms. The number of hydrogen-bond acceptors (Lipinski definition) is 3. The van der Waals surface area contributed by atoms with Crippen molar-refractivity contribution in [3.63, 3.8) is 0 Å². The van der Waals surface area contributed by atoms with E-state index in [4.69, 9.17) is 14.4 Å². The fraction of sp³-hybridized carbons (Fsp3) is 0. The van der Waals surface area contributed by atoms with Crippen molar-refractivity contribution < 1.29 is 4.42 Å². The highest BCUT2D eigenvalue weighted by Gasteiger charge is 2.20. The van der Waals surface area contributed by atoms with Crippen molar-refractivity contribution in [3.05, 3.63) is 200 Å². The molecule has 0 atom stereocenters. The molecule has 0 N–H and O–H groups in total. The molecule has 0 aliphatic carbocycles. The lowest BCUT2D eigenvalue weighted by atomic mass is 10.0. The Morgan fingerprint density at radius 1 is 0.339 bits per heavy atom. The van der Waals surface area contributed by atoms with Crippen LogP contribution in [0.4, 0.5) is 0 Å². The van der Waals surface area contributed by atoms with E-state index >= 15 is 0 Å². The minimum atomic E-state index is 0.687. The zero-order valence-corrected chi connectivity index (χ0v) is 30.3. The van der Waals surface area contributed by atoms with Gasteiger partial charge in [-0.05, 0) is 41.0 Å². The molecule has 3 aromatic heterocycles. The number of nitrogens with zero attached hydrogens (tertiary/aromatic N) is 3. The molecule has 262 valence electrons. The maximum atomic E-state index is 6.93. The third kappa shape index (κ3) is 5.31. The van der Waals surface area contributed by atoms with Gasteiger partial charge < -0.3 is 8.98 Å². The molecule has 0 aliphatic heterocycles. The average Bonchev–Trinajstić information content (AvgIpc) is 3.83. The van der Waals surface area contributed by atoms with Gasteiger partial charge in [0.05, 0.1) is 28.1 Å². The van der Waals surface area contributed by atoms with Gasteiger partial charge in [-0.2, -0.15) is 0 Å². The van der Waals surface area contributed by atoms with Crippen LogP contribution >= 0.6 is 0 Å². The SMILES string of the molecule is c1ccc(-c2ccc(-c3cc(-c4ccc5c6ccccc6n(-c6cccc7c6oc6c(-c8ccccc8)cccc67)c5c4)nc(-c4ccccc4)n3)cc2)cc1. The van der Waals surface area contributed by atoms with Crippen molar-refractivity contribution in [1.82, 2.24) is 14.5 Å². The second kappa shape index (κ2) is 13.1. The van der Waals surface area contributed by atoms with Gasteiger partial charge in [0.25, 0.3) is 0 Å². The van der Waals surface area contributed by atoms with Crippen LogP contribution in [0.5, 0.6) is 0 Å². The molecule has 0 saturated heterocycles. The third-order valence-corrected chi connectivity index (χ3v) is 10.8. The molecule has 4 nitrogen and oxygen atoms in total. The van der Waals surface area contributed by atoms with Crippen molar-refractivity contribution in [1.29, 1.82) is 0 Å². The molecule has 0 aliphatic rings. The number of furan rings is 1. The first-order valence-corrected chi connectivity index (χ1v) is 18.9. The van der Waals surface area contributed by atoms with Crippen LogP contribution in [0.2, 0.25) is 0 Å². The standard InChI is InChI=1S/C52H33N3O/c1-4-14-34(15-5-1)35-26-28-37(29-27-35)45-33-46(54-52(53-45)38-18-8-3-9-19-38)39-30-31-42-41-20-10-11-24-47(41)55(49(42)32-39)48-25-13-23-44-43-22-12-21-40(50(43)56-51(44)48)36-16-6-2-7-17-36/h1-33H. The summed E-state index contributed by atoms with van der Waals surface area (Å²) in [5, 5.41) is 4.53. The molecule has 0 unspecified atom stereocenters. The smallest absolute Gasteiger partial charge is 0.160 e. The number of benzene rings is 8. The van der Waals surface area contributed by atoms with Gasteiger partial charge in [-0.1, -0.05) is 176 Å². The fourth-order valence-corrected chi connectivity index (χ4v) is 8.14. The lowest BCUT2D eigenvalue weighted by molar-refractivity contribution is 0.667. The number of para-hydroxylation sites is 3. The number of hydrogen-bond donors (Lipinski definition) is 0. The Labute approximate surface area is 323 Å². The van der Waals surface area contributed by atoms with E-state index in [1.807, 2.05) is 30.3 Å². The van der Waals surface area contributed by atoms with E-state index in [0.29, 0.717) is 5.82 Å². The lowest BCUT2D eigenvalue weighted by Gasteiger charge is -2.12. The van der Waals surface area contributed by atoms with Gasteiger partial charge in [0.1, 0.15) is 5.58 Å². The van der Waals surface area contributed by atoms with E-state index in [9.17, 15) is 0 Å². The van der Waals surface area contributed by atoms with Crippen LogP contribution in [-0.4, -0.2) is 14.5 Å². The zero-order valence-electron chi connectivity index (χ0n) is 30.3. The minimum absolute atomic E-state index is 0.687. The van der Waals surface area contributed by atoms with Crippen molar-refractivity contribution in [2.24, 2.45) is 0 Å². The van der Waals surface area contributed by atoms with Gasteiger partial charge in [-0.25, -0.2) is 9.97 Å². The Morgan fingerprint density at radius 2 is 0.875 bits per heavy atom. The number of aromatic nitrogens is 3. The van der Waals surface area contributed by atoms with Gasteiger partial charge in [-0.15, -0.1) is 0 Å². The zero-order chi connectivity index (χ0) is 37.0. The van der Waals surface area contributed by atoms with E-state index in [0.717, 1.165) is 83.3 Å². The molecule has 4 heteroatoms. The molecule has 11 rings (SSSR count). The molecular weight excluding hydrogens is 683 g/mol. The third-order valence-electron chi connectivity index (χ3n) is 10.8. The Kier molecular flexibility index (Phi) is 7.46. The van der Waals surface area contributed by atoms with E-state index in [-0.39, 0.29) is 0 Å². The monoisotopic (exact) mass is 715 g/mol. The summed E-state index contributed by atoms with van der Waals surface area (Å²) in [5.41, 5.74) is 14.2. The summed E-state index contributed by atoms with van der Waals surface area (Å²) in [6.45, 7) is 0. The highest BCUT2D eigenvalue weighted by Crippen LogP contribution is 2.41. The van der Waals surface area contributed by atoms with Gasteiger partial charge in [-0.3, -0.25) is 0 Å².